The minimum absolute atomic E-state index is 0.157. The second kappa shape index (κ2) is 29.4. The number of fused-ring (bicyclic) bond motifs is 3. The van der Waals surface area contributed by atoms with Crippen molar-refractivity contribution < 1.29 is 81.7 Å². The molecule has 0 unspecified atom stereocenters. The third kappa shape index (κ3) is 19.9. The number of carbonyl (C=O) groups is 6. The third-order valence-electron chi connectivity index (χ3n) is 9.93. The lowest BCUT2D eigenvalue weighted by Crippen LogP contribution is -2.69. The van der Waals surface area contributed by atoms with Crippen LogP contribution in [0.2, 0.25) is 0 Å². The van der Waals surface area contributed by atoms with Gasteiger partial charge in [0.2, 0.25) is 5.91 Å². The molecule has 3 atom stereocenters. The molecule has 3 aromatic carbocycles. The van der Waals surface area contributed by atoms with Crippen LogP contribution in [0.5, 0.6) is 17.2 Å². The molecule has 0 saturated carbocycles. The molecule has 0 aliphatic carbocycles. The number of carboxylic acids is 2. The second-order valence-electron chi connectivity index (χ2n) is 18.5. The van der Waals surface area contributed by atoms with Crippen molar-refractivity contribution in [1.82, 2.24) is 31.1 Å². The number of rotatable bonds is 11. The summed E-state index contributed by atoms with van der Waals surface area (Å²) in [5, 5.41) is 25.0. The van der Waals surface area contributed by atoms with Gasteiger partial charge in [-0.05, 0) is 96.1 Å². The number of methoxy groups -OCH3 is 3. The molecule has 3 aromatic heterocycles. The summed E-state index contributed by atoms with van der Waals surface area (Å²) >= 11 is 9.06. The van der Waals surface area contributed by atoms with Crippen LogP contribution < -0.4 is 47.2 Å². The lowest BCUT2D eigenvalue weighted by atomic mass is 10.2. The lowest BCUT2D eigenvalue weighted by Gasteiger charge is -2.19. The third-order valence-corrected chi connectivity index (χ3v) is 16.6. The first-order chi connectivity index (χ1) is 38.5. The average Bonchev–Trinajstić information content (AvgIpc) is 4.51. The number of hydrogen-bond donors (Lipinski definition) is 6. The number of aliphatic imine (C=N–C) groups is 3. The van der Waals surface area contributed by atoms with Crippen molar-refractivity contribution in [2.75, 3.05) is 45.1 Å². The van der Waals surface area contributed by atoms with Gasteiger partial charge in [0.25, 0.3) is 5.91 Å². The predicted octanol–water partition coefficient (Wildman–Crippen LogP) is 5.00. The van der Waals surface area contributed by atoms with E-state index in [1.807, 2.05) is 60.0 Å². The van der Waals surface area contributed by atoms with Crippen LogP contribution in [0.3, 0.4) is 0 Å². The van der Waals surface area contributed by atoms with Crippen LogP contribution in [0, 0.1) is 0 Å². The highest BCUT2D eigenvalue weighted by molar-refractivity contribution is 8.15. The number of benzene rings is 3. The van der Waals surface area contributed by atoms with Crippen molar-refractivity contribution in [2.45, 2.75) is 77.0 Å². The number of hydrogen-bond acceptors (Lipinski definition) is 25. The van der Waals surface area contributed by atoms with E-state index in [4.69, 9.17) is 44.5 Å². The number of nitrogens with two attached hydrogens (primary N) is 1. The Bertz CT molecular complexity index is 3380. The number of thiazole rings is 3. The number of esters is 1. The van der Waals surface area contributed by atoms with Gasteiger partial charge in [-0.15, -0.1) is 69.3 Å². The maximum absolute atomic E-state index is 12.3. The van der Waals surface area contributed by atoms with E-state index in [1.165, 1.54) is 46.2 Å². The number of hydrazine groups is 1. The molecule has 9 rings (SSSR count). The molecule has 6 aromatic rings. The van der Waals surface area contributed by atoms with E-state index in [0.717, 1.165) is 73.0 Å². The molecule has 0 fully saturated rings. The summed E-state index contributed by atoms with van der Waals surface area (Å²) in [6, 6.07) is 15.6. The largest absolute Gasteiger partial charge is 0.542 e. The van der Waals surface area contributed by atoms with Gasteiger partial charge in [-0.2, -0.15) is 13.2 Å². The van der Waals surface area contributed by atoms with Crippen LogP contribution in [0.25, 0.3) is 30.6 Å². The molecule has 82 heavy (non-hydrogen) atoms. The number of halogens is 3. The molecule has 3 aliphatic rings. The highest BCUT2D eigenvalue weighted by Crippen LogP contribution is 2.34. The zero-order valence-electron chi connectivity index (χ0n) is 45.2. The Kier molecular flexibility index (Phi) is 23.6. The second-order valence-corrected chi connectivity index (χ2v) is 24.6. The maximum Gasteiger partial charge on any atom is 0.430 e. The molecule has 3 amide bonds. The molecule has 24 nitrogen and oxygen atoms in total. The van der Waals surface area contributed by atoms with E-state index < -0.39 is 53.5 Å². The fourth-order valence-corrected chi connectivity index (χ4v) is 12.6. The van der Waals surface area contributed by atoms with Crippen LogP contribution in [0.15, 0.2) is 69.6 Å². The Morgan fingerprint density at radius 2 is 0.988 bits per heavy atom. The quantitative estimate of drug-likeness (QED) is 0.0430. The number of alkyl halides is 3. The van der Waals surface area contributed by atoms with Crippen molar-refractivity contribution in [3.8, 4) is 17.2 Å². The van der Waals surface area contributed by atoms with Gasteiger partial charge in [0.05, 0.1) is 52.0 Å². The number of nitrogens with one attached hydrogen (secondary N) is 3. The van der Waals surface area contributed by atoms with Gasteiger partial charge in [-0.25, -0.2) is 35.8 Å². The summed E-state index contributed by atoms with van der Waals surface area (Å²) in [7, 11) is 4.89. The van der Waals surface area contributed by atoms with Gasteiger partial charge in [0.1, 0.15) is 83.2 Å². The molecule has 33 heteroatoms. The smallest absolute Gasteiger partial charge is 0.430 e. The summed E-state index contributed by atoms with van der Waals surface area (Å²) in [6.45, 7) is 10.5. The Balaban J connectivity index is 0.000000201. The summed E-state index contributed by atoms with van der Waals surface area (Å²) < 4.78 is 60.1. The molecule has 0 spiro atoms. The van der Waals surface area contributed by atoms with E-state index in [-0.39, 0.29) is 24.4 Å². The van der Waals surface area contributed by atoms with E-state index in [0.29, 0.717) is 22.3 Å². The fourth-order valence-electron chi connectivity index (χ4n) is 6.32. The monoisotopic (exact) mass is 1260 g/mol. The average molecular weight is 1260 g/mol. The molecule has 9 N–H and O–H groups in total. The molecule has 0 saturated heterocycles. The topological polar surface area (TPSA) is 357 Å². The Hall–Kier alpha value is -6.88. The summed E-state index contributed by atoms with van der Waals surface area (Å²) in [6.07, 6.45) is -5.80. The summed E-state index contributed by atoms with van der Waals surface area (Å²) in [4.78, 5) is 92.3. The first kappa shape index (κ1) is 65.9. The predicted molar refractivity (Wildman–Crippen MR) is 309 cm³/mol. The summed E-state index contributed by atoms with van der Waals surface area (Å²) in [5.74, 6) is 7.33. The molecule has 6 heterocycles. The first-order valence-electron chi connectivity index (χ1n) is 23.8. The number of thioether (sulfide) groups is 3. The molecule has 3 aliphatic heterocycles. The minimum atomic E-state index is -5.19. The first-order valence-corrected chi connectivity index (χ1v) is 29.2. The minimum Gasteiger partial charge on any atom is -0.542 e. The highest BCUT2D eigenvalue weighted by Gasteiger charge is 2.31. The van der Waals surface area contributed by atoms with E-state index >= 15 is 0 Å². The Morgan fingerprint density at radius 1 is 0.634 bits per heavy atom. The van der Waals surface area contributed by atoms with Gasteiger partial charge in [0.15, 0.2) is 6.04 Å². The lowest BCUT2D eigenvalue weighted by molar-refractivity contribution is -0.427. The normalized spacial score (nSPS) is 16.4. The van der Waals surface area contributed by atoms with Crippen LogP contribution in [-0.4, -0.2) is 152 Å². The van der Waals surface area contributed by atoms with E-state index in [2.05, 4.69) is 46.5 Å². The summed E-state index contributed by atoms with van der Waals surface area (Å²) in [5.41, 5.74) is 5.86. The van der Waals surface area contributed by atoms with Crippen LogP contribution >= 0.6 is 69.3 Å². The fraction of sp³-hybridized carbons (Fsp3) is 0.388. The molecule has 0 radical (unpaired) electrons. The number of nitrogens with zero attached hydrogens (tertiary/aromatic N) is 6. The van der Waals surface area contributed by atoms with Crippen molar-refractivity contribution in [3.63, 3.8) is 0 Å². The maximum atomic E-state index is 12.3. The van der Waals surface area contributed by atoms with Gasteiger partial charge < -0.3 is 44.0 Å². The van der Waals surface area contributed by atoms with Crippen molar-refractivity contribution in [2.24, 2.45) is 20.8 Å². The number of aliphatic carboxylic acids is 2. The molecular formula is C49H56F3N11O13S6. The zero-order valence-corrected chi connectivity index (χ0v) is 50.1. The number of ether oxygens (including phenoxy) is 5. The van der Waals surface area contributed by atoms with Gasteiger partial charge in [-0.1, -0.05) is 0 Å². The standard InChI is InChI=1S/C18H21N3O4S2.C12H12N4O2S2.C12H10N2O3S2.C5H12N2O2.C2HF3O2/c1-18(2,3)25-14(22)8-19-15(23)12-9-26-16(21-12)17-20-11-6-5-10(24-4)7-13(11)27-17;1-18-6-2-3-7-9(4-6)20-12(14-7)11-15-8(5-19-11)10(17)16-13;1-17-6-2-3-7-9(4-6)19-11(13-7)10-14-8(5-18-10)12(15)16;1-5(2,3)9-4(8)7-6;3-2(4,5)1(6)7/h5-7,12H,8-9H2,1-4H3,(H,19,23);2-4,8H,5,13H2,1H3,(H,16,17);2-4,8H,5H2,1H3,(H,15,16);6H2,1-3H3,(H,7,8);(H,6,7)/t12-;2*8-;;/m111../s1. The Labute approximate surface area is 490 Å². The van der Waals surface area contributed by atoms with Gasteiger partial charge in [-0.3, -0.25) is 40.6 Å². The van der Waals surface area contributed by atoms with Crippen LogP contribution in [-0.2, 0) is 33.4 Å². The number of quaternary nitrogens is 1. The van der Waals surface area contributed by atoms with Gasteiger partial charge >= 0.3 is 24.2 Å². The number of carboxylic acid groups (broad SMARTS) is 2. The van der Waals surface area contributed by atoms with Crippen molar-refractivity contribution in [1.29, 1.82) is 0 Å². The molecule has 0 bridgehead atoms. The number of carbonyl (C=O) groups excluding carboxylic acids is 5. The van der Waals surface area contributed by atoms with Crippen LogP contribution in [0.4, 0.5) is 18.0 Å². The van der Waals surface area contributed by atoms with Gasteiger partial charge in [0, 0.05) is 17.3 Å². The molecule has 442 valence electrons. The van der Waals surface area contributed by atoms with Crippen molar-refractivity contribution >= 4 is 151 Å². The van der Waals surface area contributed by atoms with E-state index in [9.17, 15) is 37.1 Å². The number of aromatic nitrogens is 3. The highest BCUT2D eigenvalue weighted by atomic mass is 32.2. The number of amides is 3. The zero-order chi connectivity index (χ0) is 60.7. The van der Waals surface area contributed by atoms with E-state index in [1.54, 1.807) is 86.0 Å². The molecular weight excluding hydrogens is 1200 g/mol. The van der Waals surface area contributed by atoms with Crippen molar-refractivity contribution in [3.05, 3.63) is 69.6 Å². The van der Waals surface area contributed by atoms with Crippen LogP contribution in [0.1, 0.15) is 56.6 Å². The Morgan fingerprint density at radius 3 is 1.28 bits per heavy atom. The SMILES string of the molecule is CC(C)(C)OC(=O)NN.COc1ccc2nc(C3=N[C@@H](C(=O)NCC(=O)OC(C)(C)C)CS3)sc2c1.COc1ccc2nc(C3=N[C@@H](C(=O)N[NH3+])CS3)sc2c1.COc1ccc2nc(C3=N[C@@H](C(=O)O)CS3)sc2c1.O=C([O-])C(F)(F)F.